The highest BCUT2D eigenvalue weighted by atomic mass is 35.5. The standard InChI is InChI=1S/C16H22ClN3O2.2ClH/c17-13-2-1-3-14(15(13)20-6-8-22-9-7-20)19-16(21)11-4-5-12(18)10-11;;/h1-3,11-12H,4-10,18H2,(H,19,21);2*1H. The molecule has 3 rings (SSSR count). The summed E-state index contributed by atoms with van der Waals surface area (Å²) in [6.45, 7) is 2.91. The molecule has 3 N–H and O–H groups in total. The van der Waals surface area contributed by atoms with E-state index in [2.05, 4.69) is 10.2 Å². The van der Waals surface area contributed by atoms with Crippen LogP contribution in [-0.4, -0.2) is 38.3 Å². The lowest BCUT2D eigenvalue weighted by Gasteiger charge is -2.31. The fourth-order valence-electron chi connectivity index (χ4n) is 3.21. The Morgan fingerprint density at radius 1 is 1.25 bits per heavy atom. The molecule has 2 atom stereocenters. The molecule has 8 heteroatoms. The van der Waals surface area contributed by atoms with Gasteiger partial charge in [-0.25, -0.2) is 0 Å². The van der Waals surface area contributed by atoms with Crippen molar-refractivity contribution in [1.82, 2.24) is 0 Å². The van der Waals surface area contributed by atoms with Gasteiger partial charge in [-0.15, -0.1) is 24.8 Å². The molecular weight excluding hydrogens is 373 g/mol. The summed E-state index contributed by atoms with van der Waals surface area (Å²) in [7, 11) is 0. The van der Waals surface area contributed by atoms with Gasteiger partial charge in [0, 0.05) is 25.0 Å². The molecule has 1 aromatic carbocycles. The van der Waals surface area contributed by atoms with E-state index in [0.29, 0.717) is 18.2 Å². The number of nitrogens with one attached hydrogen (secondary N) is 1. The van der Waals surface area contributed by atoms with Crippen molar-refractivity contribution in [3.05, 3.63) is 23.2 Å². The van der Waals surface area contributed by atoms with Gasteiger partial charge in [0.1, 0.15) is 0 Å². The molecule has 0 radical (unpaired) electrons. The molecule has 1 amide bonds. The van der Waals surface area contributed by atoms with E-state index < -0.39 is 0 Å². The Kier molecular flexibility index (Phi) is 8.60. The number of anilines is 2. The summed E-state index contributed by atoms with van der Waals surface area (Å²) in [6.07, 6.45) is 2.55. The Balaban J connectivity index is 0.00000144. The van der Waals surface area contributed by atoms with Crippen molar-refractivity contribution in [2.45, 2.75) is 25.3 Å². The average molecular weight is 397 g/mol. The first-order valence-electron chi connectivity index (χ1n) is 7.83. The van der Waals surface area contributed by atoms with E-state index in [9.17, 15) is 4.79 Å². The lowest BCUT2D eigenvalue weighted by Crippen LogP contribution is -2.37. The minimum absolute atomic E-state index is 0. The molecule has 2 unspecified atom stereocenters. The molecule has 0 aromatic heterocycles. The average Bonchev–Trinajstić information content (AvgIpc) is 2.95. The third-order valence-corrected chi connectivity index (χ3v) is 4.72. The van der Waals surface area contributed by atoms with Gasteiger partial charge < -0.3 is 20.7 Å². The van der Waals surface area contributed by atoms with Crippen molar-refractivity contribution < 1.29 is 9.53 Å². The lowest BCUT2D eigenvalue weighted by atomic mass is 10.1. The van der Waals surface area contributed by atoms with Crippen LogP contribution in [0.25, 0.3) is 0 Å². The number of hydrogen-bond donors (Lipinski definition) is 2. The van der Waals surface area contributed by atoms with Crippen molar-refractivity contribution in [1.29, 1.82) is 0 Å². The number of hydrogen-bond acceptors (Lipinski definition) is 4. The number of morpholine rings is 1. The third kappa shape index (κ3) is 4.90. The quantitative estimate of drug-likeness (QED) is 0.824. The van der Waals surface area contributed by atoms with Crippen molar-refractivity contribution in [2.24, 2.45) is 11.7 Å². The van der Waals surface area contributed by atoms with E-state index in [1.807, 2.05) is 18.2 Å². The van der Waals surface area contributed by atoms with Crippen LogP contribution in [0.5, 0.6) is 0 Å². The van der Waals surface area contributed by atoms with Crippen LogP contribution in [0.3, 0.4) is 0 Å². The molecule has 2 aliphatic rings. The number of nitrogens with two attached hydrogens (primary N) is 1. The first-order chi connectivity index (χ1) is 10.6. The van der Waals surface area contributed by atoms with Crippen LogP contribution in [0.4, 0.5) is 11.4 Å². The van der Waals surface area contributed by atoms with Crippen molar-refractivity contribution in [3.8, 4) is 0 Å². The lowest BCUT2D eigenvalue weighted by molar-refractivity contribution is -0.119. The van der Waals surface area contributed by atoms with Gasteiger partial charge in [0.15, 0.2) is 0 Å². The predicted octanol–water partition coefficient (Wildman–Crippen LogP) is 3.09. The monoisotopic (exact) mass is 395 g/mol. The normalized spacial score (nSPS) is 23.2. The van der Waals surface area contributed by atoms with Crippen LogP contribution in [0.15, 0.2) is 18.2 Å². The Morgan fingerprint density at radius 3 is 2.58 bits per heavy atom. The third-order valence-electron chi connectivity index (χ3n) is 4.42. The Labute approximate surface area is 160 Å². The van der Waals surface area contributed by atoms with Crippen molar-refractivity contribution in [2.75, 3.05) is 36.5 Å². The SMILES string of the molecule is Cl.Cl.NC1CCC(C(=O)Nc2cccc(Cl)c2N2CCOCC2)C1. The zero-order chi connectivity index (χ0) is 15.5. The Bertz CT molecular complexity index is 553. The largest absolute Gasteiger partial charge is 0.378 e. The van der Waals surface area contributed by atoms with Gasteiger partial charge in [-0.05, 0) is 31.4 Å². The molecule has 136 valence electrons. The van der Waals surface area contributed by atoms with E-state index in [1.165, 1.54) is 0 Å². The smallest absolute Gasteiger partial charge is 0.227 e. The molecule has 2 fully saturated rings. The summed E-state index contributed by atoms with van der Waals surface area (Å²) in [6, 6.07) is 5.77. The van der Waals surface area contributed by atoms with Crippen LogP contribution in [-0.2, 0) is 9.53 Å². The van der Waals surface area contributed by atoms with Crippen LogP contribution in [0, 0.1) is 5.92 Å². The molecule has 24 heavy (non-hydrogen) atoms. The van der Waals surface area contributed by atoms with Gasteiger partial charge in [-0.2, -0.15) is 0 Å². The maximum absolute atomic E-state index is 12.5. The fraction of sp³-hybridized carbons (Fsp3) is 0.562. The maximum atomic E-state index is 12.5. The molecule has 5 nitrogen and oxygen atoms in total. The molecule has 0 spiro atoms. The summed E-state index contributed by atoms with van der Waals surface area (Å²) in [5.41, 5.74) is 7.57. The Hall–Kier alpha value is -0.720. The highest BCUT2D eigenvalue weighted by Crippen LogP contribution is 2.35. The number of carbonyl (C=O) groups is 1. The zero-order valence-electron chi connectivity index (χ0n) is 13.4. The number of nitrogens with zero attached hydrogens (tertiary/aromatic N) is 1. The summed E-state index contributed by atoms with van der Waals surface area (Å²) < 4.78 is 5.39. The molecule has 1 aromatic rings. The second kappa shape index (κ2) is 9.68. The first kappa shape index (κ1) is 21.3. The van der Waals surface area contributed by atoms with Gasteiger partial charge in [0.2, 0.25) is 5.91 Å². The van der Waals surface area contributed by atoms with Gasteiger partial charge in [-0.1, -0.05) is 17.7 Å². The Morgan fingerprint density at radius 2 is 1.96 bits per heavy atom. The number of halogens is 3. The topological polar surface area (TPSA) is 67.6 Å². The second-order valence-corrected chi connectivity index (χ2v) is 6.40. The second-order valence-electron chi connectivity index (χ2n) is 5.99. The summed E-state index contributed by atoms with van der Waals surface area (Å²) in [5, 5.41) is 3.71. The van der Waals surface area contributed by atoms with Crippen LogP contribution < -0.4 is 16.0 Å². The number of carbonyl (C=O) groups excluding carboxylic acids is 1. The van der Waals surface area contributed by atoms with Crippen molar-refractivity contribution in [3.63, 3.8) is 0 Å². The first-order valence-corrected chi connectivity index (χ1v) is 8.20. The molecule has 1 heterocycles. The van der Waals surface area contributed by atoms with Gasteiger partial charge in [0.25, 0.3) is 0 Å². The van der Waals surface area contributed by atoms with Gasteiger partial charge in [0.05, 0.1) is 29.6 Å². The van der Waals surface area contributed by atoms with E-state index >= 15 is 0 Å². The summed E-state index contributed by atoms with van der Waals surface area (Å²) in [5.74, 6) is 0.0521. The molecule has 1 aliphatic carbocycles. The van der Waals surface area contributed by atoms with E-state index in [0.717, 1.165) is 43.7 Å². The molecule has 1 aliphatic heterocycles. The van der Waals surface area contributed by atoms with Gasteiger partial charge in [-0.3, -0.25) is 4.79 Å². The molecule has 1 saturated heterocycles. The van der Waals surface area contributed by atoms with Crippen LogP contribution in [0.1, 0.15) is 19.3 Å². The highest BCUT2D eigenvalue weighted by Gasteiger charge is 2.28. The number of ether oxygens (including phenoxy) is 1. The zero-order valence-corrected chi connectivity index (χ0v) is 15.8. The van der Waals surface area contributed by atoms with Crippen molar-refractivity contribution >= 4 is 53.7 Å². The minimum Gasteiger partial charge on any atom is -0.378 e. The van der Waals surface area contributed by atoms with E-state index in [4.69, 9.17) is 22.1 Å². The molecular formula is C16H24Cl3N3O2. The molecule has 1 saturated carbocycles. The molecule has 0 bridgehead atoms. The maximum Gasteiger partial charge on any atom is 0.227 e. The number of para-hydroxylation sites is 1. The van der Waals surface area contributed by atoms with Crippen LogP contribution >= 0.6 is 36.4 Å². The summed E-state index contributed by atoms with van der Waals surface area (Å²) >= 11 is 6.38. The fourth-order valence-corrected chi connectivity index (χ4v) is 3.51. The number of rotatable bonds is 3. The minimum atomic E-state index is 0. The highest BCUT2D eigenvalue weighted by molar-refractivity contribution is 6.34. The summed E-state index contributed by atoms with van der Waals surface area (Å²) in [4.78, 5) is 14.6. The number of amides is 1. The van der Waals surface area contributed by atoms with Crippen LogP contribution in [0.2, 0.25) is 5.02 Å². The van der Waals surface area contributed by atoms with E-state index in [1.54, 1.807) is 0 Å². The van der Waals surface area contributed by atoms with Gasteiger partial charge >= 0.3 is 0 Å². The van der Waals surface area contributed by atoms with E-state index in [-0.39, 0.29) is 42.7 Å². The predicted molar refractivity (Wildman–Crippen MR) is 103 cm³/mol. The number of benzene rings is 1.